The molecule has 2 aliphatic rings. The van der Waals surface area contributed by atoms with Crippen LogP contribution in [0.3, 0.4) is 0 Å². The normalized spacial score (nSPS) is 27.0. The van der Waals surface area contributed by atoms with Crippen molar-refractivity contribution in [1.82, 2.24) is 10.2 Å². The molecule has 2 aliphatic heterocycles. The first kappa shape index (κ1) is 16.4. The van der Waals surface area contributed by atoms with Gasteiger partial charge in [0, 0.05) is 12.8 Å². The van der Waals surface area contributed by atoms with E-state index in [1.807, 2.05) is 0 Å². The van der Waals surface area contributed by atoms with Gasteiger partial charge < -0.3 is 14.6 Å². The van der Waals surface area contributed by atoms with Crippen LogP contribution >= 0.6 is 0 Å². The fourth-order valence-electron chi connectivity index (χ4n) is 2.60. The van der Waals surface area contributed by atoms with Gasteiger partial charge in [-0.15, -0.1) is 0 Å². The van der Waals surface area contributed by atoms with Crippen LogP contribution in [0.15, 0.2) is 30.3 Å². The van der Waals surface area contributed by atoms with Crippen molar-refractivity contribution in [3.63, 3.8) is 0 Å². The van der Waals surface area contributed by atoms with Crippen molar-refractivity contribution in [2.45, 2.75) is 31.3 Å². The number of amides is 3. The summed E-state index contributed by atoms with van der Waals surface area (Å²) < 4.78 is 10.8. The van der Waals surface area contributed by atoms with Gasteiger partial charge in [0.25, 0.3) is 0 Å². The van der Waals surface area contributed by atoms with Crippen LogP contribution in [0, 0.1) is 6.54 Å². The maximum atomic E-state index is 11.9. The van der Waals surface area contributed by atoms with E-state index in [0.29, 0.717) is 5.56 Å². The van der Waals surface area contributed by atoms with Gasteiger partial charge in [-0.05, 0) is 12.1 Å². The number of aliphatic hydroxyl groups excluding tert-OH is 1. The monoisotopic (exact) mass is 333 g/mol. The highest BCUT2D eigenvalue weighted by atomic mass is 16.6. The third-order valence-corrected chi connectivity index (χ3v) is 3.86. The van der Waals surface area contributed by atoms with E-state index < -0.39 is 30.4 Å². The molecule has 1 aromatic carbocycles. The van der Waals surface area contributed by atoms with Crippen molar-refractivity contribution in [1.29, 1.82) is 0 Å². The average Bonchev–Trinajstić information content (AvgIpc) is 2.94. The maximum Gasteiger partial charge on any atom is 0.338 e. The lowest BCUT2D eigenvalue weighted by atomic mass is 10.1. The van der Waals surface area contributed by atoms with Crippen molar-refractivity contribution < 1.29 is 29.0 Å². The molecule has 127 valence electrons. The number of benzene rings is 1. The van der Waals surface area contributed by atoms with E-state index in [1.54, 1.807) is 30.3 Å². The van der Waals surface area contributed by atoms with Crippen molar-refractivity contribution in [2.24, 2.45) is 0 Å². The second kappa shape index (κ2) is 6.98. The highest BCUT2D eigenvalue weighted by Crippen LogP contribution is 2.26. The first-order valence-corrected chi connectivity index (χ1v) is 7.56. The lowest BCUT2D eigenvalue weighted by Gasteiger charge is -2.30. The SMILES string of the molecule is O=C1C[CH]N([C@H]2C[C@H](O)[C@@H](COC(=O)c3ccccc3)O2)C(=O)N1. The Kier molecular flexibility index (Phi) is 4.77. The Morgan fingerprint density at radius 3 is 2.79 bits per heavy atom. The molecule has 1 aromatic rings. The predicted molar refractivity (Wildman–Crippen MR) is 80.3 cm³/mol. The third-order valence-electron chi connectivity index (χ3n) is 3.86. The van der Waals surface area contributed by atoms with Crippen LogP contribution in [-0.2, 0) is 14.3 Å². The average molecular weight is 333 g/mol. The van der Waals surface area contributed by atoms with Crippen LogP contribution in [0.1, 0.15) is 23.2 Å². The molecule has 1 radical (unpaired) electrons. The Balaban J connectivity index is 1.53. The standard InChI is InChI=1S/C16H17N2O6/c19-11-8-14(18-7-6-13(20)17-16(18)22)24-12(11)9-23-15(21)10-4-2-1-3-5-10/h1-5,7,11-12,14,19H,6,8-9H2,(H,17,20,22)/t11-,12+,14+/m0/s1. The molecule has 0 bridgehead atoms. The van der Waals surface area contributed by atoms with Crippen LogP contribution in [0.4, 0.5) is 4.79 Å². The summed E-state index contributed by atoms with van der Waals surface area (Å²) in [7, 11) is 0. The largest absolute Gasteiger partial charge is 0.459 e. The van der Waals surface area contributed by atoms with Gasteiger partial charge in [-0.3, -0.25) is 15.0 Å². The molecule has 0 spiro atoms. The van der Waals surface area contributed by atoms with Crippen LogP contribution in [0.25, 0.3) is 0 Å². The summed E-state index contributed by atoms with van der Waals surface area (Å²) in [5, 5.41) is 12.2. The topological polar surface area (TPSA) is 105 Å². The molecule has 3 rings (SSSR count). The van der Waals surface area contributed by atoms with E-state index in [9.17, 15) is 19.5 Å². The number of hydrogen-bond donors (Lipinski definition) is 2. The lowest BCUT2D eigenvalue weighted by Crippen LogP contribution is -2.51. The molecule has 2 saturated heterocycles. The number of aliphatic hydroxyl groups is 1. The van der Waals surface area contributed by atoms with E-state index in [0.717, 1.165) is 0 Å². The van der Waals surface area contributed by atoms with E-state index in [-0.39, 0.29) is 25.4 Å². The number of carbonyl (C=O) groups is 3. The van der Waals surface area contributed by atoms with Gasteiger partial charge in [0.1, 0.15) is 18.9 Å². The number of ether oxygens (including phenoxy) is 2. The second-order valence-corrected chi connectivity index (χ2v) is 5.54. The fourth-order valence-corrected chi connectivity index (χ4v) is 2.60. The molecule has 0 aliphatic carbocycles. The van der Waals surface area contributed by atoms with Crippen LogP contribution < -0.4 is 5.32 Å². The number of carbonyl (C=O) groups excluding carboxylic acids is 3. The molecule has 8 heteroatoms. The van der Waals surface area contributed by atoms with Gasteiger partial charge in [0.15, 0.2) is 0 Å². The highest BCUT2D eigenvalue weighted by Gasteiger charge is 2.41. The van der Waals surface area contributed by atoms with Gasteiger partial charge >= 0.3 is 12.0 Å². The molecule has 0 saturated carbocycles. The minimum Gasteiger partial charge on any atom is -0.459 e. The summed E-state index contributed by atoms with van der Waals surface area (Å²) >= 11 is 0. The zero-order valence-electron chi connectivity index (χ0n) is 12.8. The maximum absolute atomic E-state index is 11.9. The van der Waals surface area contributed by atoms with Gasteiger partial charge in [0.05, 0.1) is 18.2 Å². The van der Waals surface area contributed by atoms with Gasteiger partial charge in [-0.25, -0.2) is 9.59 Å². The van der Waals surface area contributed by atoms with E-state index >= 15 is 0 Å². The molecule has 2 heterocycles. The summed E-state index contributed by atoms with van der Waals surface area (Å²) in [5.41, 5.74) is 0.406. The Labute approximate surface area is 138 Å². The smallest absolute Gasteiger partial charge is 0.338 e. The number of esters is 1. The molecule has 3 atom stereocenters. The van der Waals surface area contributed by atoms with Gasteiger partial charge in [-0.2, -0.15) is 0 Å². The fraction of sp³-hybridized carbons (Fsp3) is 0.375. The minimum atomic E-state index is -0.877. The highest BCUT2D eigenvalue weighted by molar-refractivity contribution is 5.97. The van der Waals surface area contributed by atoms with Crippen molar-refractivity contribution >= 4 is 17.9 Å². The van der Waals surface area contributed by atoms with E-state index in [4.69, 9.17) is 9.47 Å². The summed E-state index contributed by atoms with van der Waals surface area (Å²) in [6, 6.07) is 7.89. The van der Waals surface area contributed by atoms with Gasteiger partial charge in [0.2, 0.25) is 5.91 Å². The number of nitrogens with zero attached hydrogens (tertiary/aromatic N) is 1. The molecule has 8 nitrogen and oxygen atoms in total. The molecule has 24 heavy (non-hydrogen) atoms. The number of hydrogen-bond acceptors (Lipinski definition) is 6. The Morgan fingerprint density at radius 2 is 2.08 bits per heavy atom. The molecule has 2 fully saturated rings. The second-order valence-electron chi connectivity index (χ2n) is 5.54. The van der Waals surface area contributed by atoms with Gasteiger partial charge in [-0.1, -0.05) is 18.2 Å². The summed E-state index contributed by atoms with van der Waals surface area (Å²) in [5.74, 6) is -0.897. The molecule has 2 N–H and O–H groups in total. The zero-order valence-corrected chi connectivity index (χ0v) is 12.8. The number of urea groups is 1. The third kappa shape index (κ3) is 3.55. The van der Waals surface area contributed by atoms with E-state index in [2.05, 4.69) is 5.32 Å². The number of nitrogens with one attached hydrogen (secondary N) is 1. The summed E-state index contributed by atoms with van der Waals surface area (Å²) in [6.45, 7) is 1.30. The van der Waals surface area contributed by atoms with Crippen molar-refractivity contribution in [3.05, 3.63) is 42.4 Å². The summed E-state index contributed by atoms with van der Waals surface area (Å²) in [6.07, 6.45) is -2.08. The van der Waals surface area contributed by atoms with E-state index in [1.165, 1.54) is 11.4 Å². The molecular weight excluding hydrogens is 316 g/mol. The molecule has 0 unspecified atom stereocenters. The summed E-state index contributed by atoms with van der Waals surface area (Å²) in [4.78, 5) is 36.1. The first-order valence-electron chi connectivity index (χ1n) is 7.56. The number of imide groups is 1. The lowest BCUT2D eigenvalue weighted by molar-refractivity contribution is -0.122. The molecular formula is C16H17N2O6. The quantitative estimate of drug-likeness (QED) is 0.774. The Bertz CT molecular complexity index is 635. The molecule has 0 aromatic heterocycles. The molecule has 3 amide bonds. The van der Waals surface area contributed by atoms with Crippen molar-refractivity contribution in [3.8, 4) is 0 Å². The van der Waals surface area contributed by atoms with Crippen molar-refractivity contribution in [2.75, 3.05) is 6.61 Å². The Morgan fingerprint density at radius 1 is 1.33 bits per heavy atom. The number of rotatable bonds is 4. The zero-order chi connectivity index (χ0) is 17.1. The van der Waals surface area contributed by atoms with Crippen LogP contribution in [-0.4, -0.2) is 53.0 Å². The minimum absolute atomic E-state index is 0.0648. The van der Waals surface area contributed by atoms with Crippen LogP contribution in [0.2, 0.25) is 0 Å². The Hall–Kier alpha value is -2.45. The van der Waals surface area contributed by atoms with Crippen LogP contribution in [0.5, 0.6) is 0 Å². The first-order chi connectivity index (χ1) is 11.5. The predicted octanol–water partition coefficient (Wildman–Crippen LogP) is 0.423.